The number of hydrazine groups is 1. The van der Waals surface area contributed by atoms with E-state index in [1.807, 2.05) is 0 Å². The molecule has 0 bridgehead atoms. The number of nitrogens with one attached hydrogen (secondary N) is 1. The van der Waals surface area contributed by atoms with Crippen molar-refractivity contribution in [1.82, 2.24) is 10.4 Å². The van der Waals surface area contributed by atoms with E-state index in [2.05, 4.69) is 10.2 Å². The van der Waals surface area contributed by atoms with Crippen LogP contribution in [0.4, 0.5) is 4.79 Å². The molecule has 1 aliphatic heterocycles. The van der Waals surface area contributed by atoms with Crippen molar-refractivity contribution in [2.45, 2.75) is 45.3 Å². The maximum Gasteiger partial charge on any atom is 0.424 e. The van der Waals surface area contributed by atoms with E-state index in [1.54, 1.807) is 20.8 Å². The van der Waals surface area contributed by atoms with E-state index in [0.717, 1.165) is 6.42 Å². The second-order valence-electron chi connectivity index (χ2n) is 4.98. The van der Waals surface area contributed by atoms with Gasteiger partial charge in [0.1, 0.15) is 11.6 Å². The van der Waals surface area contributed by atoms with Crippen molar-refractivity contribution in [3.63, 3.8) is 0 Å². The molecule has 0 aromatic heterocycles. The lowest BCUT2D eigenvalue weighted by atomic mass is 10.1. The predicted octanol–water partition coefficient (Wildman–Crippen LogP) is 1.06. The summed E-state index contributed by atoms with van der Waals surface area (Å²) in [5, 5.41) is 1.33. The fourth-order valence-electron chi connectivity index (χ4n) is 1.54. The number of esters is 1. The molecule has 1 fully saturated rings. The van der Waals surface area contributed by atoms with Crippen molar-refractivity contribution in [3.8, 4) is 0 Å². The van der Waals surface area contributed by atoms with Gasteiger partial charge < -0.3 is 9.47 Å². The van der Waals surface area contributed by atoms with Gasteiger partial charge in [-0.3, -0.25) is 4.79 Å². The molecule has 17 heavy (non-hydrogen) atoms. The molecule has 0 aromatic carbocycles. The van der Waals surface area contributed by atoms with Crippen LogP contribution in [0, 0.1) is 0 Å². The zero-order valence-electron chi connectivity index (χ0n) is 10.8. The van der Waals surface area contributed by atoms with Crippen molar-refractivity contribution in [2.75, 3.05) is 13.7 Å². The van der Waals surface area contributed by atoms with Crippen LogP contribution in [0.25, 0.3) is 0 Å². The van der Waals surface area contributed by atoms with Gasteiger partial charge in [0.15, 0.2) is 0 Å². The average Bonchev–Trinajstić information content (AvgIpc) is 2.26. The fraction of sp³-hybridized carbons (Fsp3) is 0.818. The predicted molar refractivity (Wildman–Crippen MR) is 61.1 cm³/mol. The lowest BCUT2D eigenvalue weighted by molar-refractivity contribution is -0.145. The van der Waals surface area contributed by atoms with Gasteiger partial charge in [0.2, 0.25) is 0 Å². The summed E-state index contributed by atoms with van der Waals surface area (Å²) in [6.07, 6.45) is 0.934. The minimum atomic E-state index is -0.545. The van der Waals surface area contributed by atoms with Crippen LogP contribution in [0.2, 0.25) is 0 Å². The van der Waals surface area contributed by atoms with Crippen LogP contribution in [0.3, 0.4) is 0 Å². The van der Waals surface area contributed by atoms with Crippen LogP contribution in [-0.2, 0) is 14.3 Å². The summed E-state index contributed by atoms with van der Waals surface area (Å²) in [4.78, 5) is 23.1. The van der Waals surface area contributed by atoms with E-state index < -0.39 is 17.7 Å². The van der Waals surface area contributed by atoms with Crippen molar-refractivity contribution in [3.05, 3.63) is 0 Å². The smallest absolute Gasteiger partial charge is 0.424 e. The highest BCUT2D eigenvalue weighted by Crippen LogP contribution is 2.13. The molecule has 1 unspecified atom stereocenters. The van der Waals surface area contributed by atoms with E-state index in [9.17, 15) is 9.59 Å². The normalized spacial score (nSPS) is 20.9. The Morgan fingerprint density at radius 1 is 1.35 bits per heavy atom. The first-order valence-electron chi connectivity index (χ1n) is 5.68. The summed E-state index contributed by atoms with van der Waals surface area (Å²) in [7, 11) is 1.33. The molecule has 1 amide bonds. The van der Waals surface area contributed by atoms with Crippen molar-refractivity contribution < 1.29 is 19.1 Å². The van der Waals surface area contributed by atoms with Gasteiger partial charge in [0.05, 0.1) is 7.11 Å². The third-order valence-corrected chi connectivity index (χ3v) is 2.29. The third-order valence-electron chi connectivity index (χ3n) is 2.29. The molecule has 0 radical (unpaired) electrons. The van der Waals surface area contributed by atoms with Crippen LogP contribution in [0.5, 0.6) is 0 Å². The Morgan fingerprint density at radius 2 is 2.00 bits per heavy atom. The van der Waals surface area contributed by atoms with Gasteiger partial charge >= 0.3 is 12.1 Å². The third kappa shape index (κ3) is 4.22. The molecule has 1 saturated heterocycles. The maximum absolute atomic E-state index is 11.8. The zero-order valence-corrected chi connectivity index (χ0v) is 10.8. The molecule has 6 heteroatoms. The van der Waals surface area contributed by atoms with Gasteiger partial charge in [-0.2, -0.15) is 0 Å². The van der Waals surface area contributed by atoms with Crippen molar-refractivity contribution in [2.24, 2.45) is 0 Å². The molecular weight excluding hydrogens is 224 g/mol. The summed E-state index contributed by atoms with van der Waals surface area (Å²) in [6, 6.07) is -0.471. The van der Waals surface area contributed by atoms with Crippen molar-refractivity contribution in [1.29, 1.82) is 0 Å². The van der Waals surface area contributed by atoms with Gasteiger partial charge in [-0.15, -0.1) is 0 Å². The highest BCUT2D eigenvalue weighted by Gasteiger charge is 2.30. The molecule has 0 spiro atoms. The number of carbonyl (C=O) groups is 2. The highest BCUT2D eigenvalue weighted by atomic mass is 16.6. The van der Waals surface area contributed by atoms with E-state index in [4.69, 9.17) is 4.74 Å². The highest BCUT2D eigenvalue weighted by molar-refractivity contribution is 5.76. The Morgan fingerprint density at radius 3 is 2.53 bits per heavy atom. The van der Waals surface area contributed by atoms with E-state index >= 15 is 0 Å². The number of hydrogen-bond acceptors (Lipinski definition) is 5. The van der Waals surface area contributed by atoms with Gasteiger partial charge in [-0.05, 0) is 33.6 Å². The summed E-state index contributed by atoms with van der Waals surface area (Å²) < 4.78 is 9.85. The topological polar surface area (TPSA) is 67.9 Å². The van der Waals surface area contributed by atoms with Crippen LogP contribution < -0.4 is 5.43 Å². The Kier molecular flexibility index (Phi) is 4.34. The number of ether oxygens (including phenoxy) is 2. The first-order chi connectivity index (χ1) is 7.83. The summed E-state index contributed by atoms with van der Waals surface area (Å²) in [5.74, 6) is -0.363. The SMILES string of the molecule is COC(=O)C1CCCN(C(=O)OC(C)(C)C)N1. The maximum atomic E-state index is 11.8. The summed E-state index contributed by atoms with van der Waals surface area (Å²) in [6.45, 7) is 5.92. The van der Waals surface area contributed by atoms with E-state index in [-0.39, 0.29) is 5.97 Å². The van der Waals surface area contributed by atoms with Gasteiger partial charge in [-0.1, -0.05) is 0 Å². The quantitative estimate of drug-likeness (QED) is 0.699. The first kappa shape index (κ1) is 13.8. The van der Waals surface area contributed by atoms with Crippen LogP contribution in [0.1, 0.15) is 33.6 Å². The largest absolute Gasteiger partial charge is 0.468 e. The average molecular weight is 244 g/mol. The second kappa shape index (κ2) is 5.35. The van der Waals surface area contributed by atoms with Crippen molar-refractivity contribution >= 4 is 12.1 Å². The molecular formula is C11H20N2O4. The first-order valence-corrected chi connectivity index (χ1v) is 5.68. The molecule has 1 aliphatic rings. The minimum absolute atomic E-state index is 0.363. The Hall–Kier alpha value is -1.30. The Balaban J connectivity index is 2.55. The minimum Gasteiger partial charge on any atom is -0.468 e. The zero-order chi connectivity index (χ0) is 13.1. The molecule has 1 N–H and O–H groups in total. The molecule has 1 atom stereocenters. The number of methoxy groups -OCH3 is 1. The lowest BCUT2D eigenvalue weighted by Gasteiger charge is -2.33. The van der Waals surface area contributed by atoms with Gasteiger partial charge in [0, 0.05) is 6.54 Å². The Labute approximate surface area is 101 Å². The number of rotatable bonds is 1. The van der Waals surface area contributed by atoms with Crippen LogP contribution >= 0.6 is 0 Å². The van der Waals surface area contributed by atoms with Gasteiger partial charge in [0.25, 0.3) is 0 Å². The van der Waals surface area contributed by atoms with E-state index in [1.165, 1.54) is 12.1 Å². The van der Waals surface area contributed by atoms with Gasteiger partial charge in [-0.25, -0.2) is 15.2 Å². The fourth-order valence-corrected chi connectivity index (χ4v) is 1.54. The number of hydrogen-bond donors (Lipinski definition) is 1. The molecule has 0 aromatic rings. The number of amides is 1. The van der Waals surface area contributed by atoms with Crippen LogP contribution in [-0.4, -0.2) is 42.4 Å². The standard InChI is InChI=1S/C11H20N2O4/c1-11(2,3)17-10(15)13-7-5-6-8(12-13)9(14)16-4/h8,12H,5-7H2,1-4H3. The molecule has 98 valence electrons. The molecule has 1 rings (SSSR count). The molecule has 6 nitrogen and oxygen atoms in total. The monoisotopic (exact) mass is 244 g/mol. The Bertz CT molecular complexity index is 298. The molecule has 1 heterocycles. The van der Waals surface area contributed by atoms with E-state index in [0.29, 0.717) is 13.0 Å². The number of carbonyl (C=O) groups excluding carboxylic acids is 2. The molecule has 0 aliphatic carbocycles. The molecule has 0 saturated carbocycles. The number of nitrogens with zero attached hydrogens (tertiary/aromatic N) is 1. The summed E-state index contributed by atoms with van der Waals surface area (Å²) in [5.41, 5.74) is 2.27. The van der Waals surface area contributed by atoms with Crippen LogP contribution in [0.15, 0.2) is 0 Å². The second-order valence-corrected chi connectivity index (χ2v) is 4.98. The summed E-state index contributed by atoms with van der Waals surface area (Å²) >= 11 is 0. The lowest BCUT2D eigenvalue weighted by Crippen LogP contribution is -2.56.